The van der Waals surface area contributed by atoms with E-state index in [1.165, 1.54) is 0 Å². The Bertz CT molecular complexity index is 370. The number of hydrogen-bond acceptors (Lipinski definition) is 5. The van der Waals surface area contributed by atoms with Gasteiger partial charge in [-0.25, -0.2) is 8.42 Å². The van der Waals surface area contributed by atoms with Gasteiger partial charge in [-0.15, -0.1) is 0 Å². The van der Waals surface area contributed by atoms with Crippen molar-refractivity contribution < 1.29 is 8.42 Å². The van der Waals surface area contributed by atoms with Crippen molar-refractivity contribution in [2.24, 2.45) is 5.73 Å². The lowest BCUT2D eigenvalue weighted by molar-refractivity contribution is 0.209. The molecule has 1 aliphatic heterocycles. The van der Waals surface area contributed by atoms with Crippen molar-refractivity contribution in [3.8, 4) is 0 Å². The van der Waals surface area contributed by atoms with Crippen molar-refractivity contribution >= 4 is 38.8 Å². The molecule has 1 saturated heterocycles. The Morgan fingerprint density at radius 1 is 1.65 bits per heavy atom. The third-order valence-corrected chi connectivity index (χ3v) is 6.48. The maximum absolute atomic E-state index is 12.0. The number of sulfone groups is 1. The predicted molar refractivity (Wildman–Crippen MR) is 78.1 cm³/mol. The van der Waals surface area contributed by atoms with Crippen molar-refractivity contribution in [1.29, 1.82) is 0 Å². The van der Waals surface area contributed by atoms with Gasteiger partial charge in [0.25, 0.3) is 0 Å². The van der Waals surface area contributed by atoms with Crippen LogP contribution in [0.4, 0.5) is 0 Å². The summed E-state index contributed by atoms with van der Waals surface area (Å²) >= 11 is 6.60. The molecule has 2 unspecified atom stereocenters. The Morgan fingerprint density at radius 3 is 2.82 bits per heavy atom. The topological polar surface area (TPSA) is 63.4 Å². The van der Waals surface area contributed by atoms with E-state index in [-0.39, 0.29) is 17.2 Å². The average molecular weight is 296 g/mol. The van der Waals surface area contributed by atoms with Gasteiger partial charge in [0, 0.05) is 36.3 Å². The summed E-state index contributed by atoms with van der Waals surface area (Å²) in [5, 5.41) is -0.379. The van der Waals surface area contributed by atoms with Gasteiger partial charge in [0.05, 0.1) is 4.99 Å². The molecular weight excluding hydrogens is 276 g/mol. The number of thiocarbonyl (C=S) groups is 1. The highest BCUT2D eigenvalue weighted by molar-refractivity contribution is 8.01. The van der Waals surface area contributed by atoms with Gasteiger partial charge >= 0.3 is 0 Å². The number of hydrogen-bond donors (Lipinski definition) is 1. The molecule has 1 aliphatic rings. The summed E-state index contributed by atoms with van der Waals surface area (Å²) in [6.45, 7) is 4.48. The van der Waals surface area contributed by atoms with Crippen molar-refractivity contribution in [2.75, 3.05) is 23.8 Å². The maximum Gasteiger partial charge on any atom is 0.166 e. The van der Waals surface area contributed by atoms with Crippen molar-refractivity contribution in [1.82, 2.24) is 4.90 Å². The number of thioether (sulfide) groups is 1. The fourth-order valence-electron chi connectivity index (χ4n) is 2.01. The number of nitrogens with two attached hydrogens (primary N) is 1. The first-order valence-electron chi connectivity index (χ1n) is 5.71. The lowest BCUT2D eigenvalue weighted by Gasteiger charge is -2.38. The van der Waals surface area contributed by atoms with Gasteiger partial charge in [-0.05, 0) is 6.92 Å². The Balaban J connectivity index is 2.83. The Morgan fingerprint density at radius 2 is 2.29 bits per heavy atom. The Hall–Kier alpha value is 0.150. The molecule has 0 aromatic rings. The SMILES string of the molecule is CCS(=O)(=O)C1CSCCN1C(C)CC(N)=S. The van der Waals surface area contributed by atoms with E-state index in [4.69, 9.17) is 18.0 Å². The van der Waals surface area contributed by atoms with Gasteiger partial charge in [0.1, 0.15) is 5.37 Å². The first-order chi connectivity index (χ1) is 7.88. The van der Waals surface area contributed by atoms with Crippen LogP contribution < -0.4 is 5.73 Å². The monoisotopic (exact) mass is 296 g/mol. The molecule has 2 atom stereocenters. The zero-order valence-electron chi connectivity index (χ0n) is 10.3. The maximum atomic E-state index is 12.0. The van der Waals surface area contributed by atoms with E-state index in [0.29, 0.717) is 17.2 Å². The van der Waals surface area contributed by atoms with Crippen LogP contribution >= 0.6 is 24.0 Å². The third-order valence-electron chi connectivity index (χ3n) is 3.00. The van der Waals surface area contributed by atoms with E-state index >= 15 is 0 Å². The molecule has 0 saturated carbocycles. The van der Waals surface area contributed by atoms with Crippen LogP contribution in [-0.4, -0.2) is 53.5 Å². The van der Waals surface area contributed by atoms with E-state index in [0.717, 1.165) is 12.3 Å². The van der Waals surface area contributed by atoms with Crippen LogP contribution in [0.2, 0.25) is 0 Å². The Labute approximate surface area is 113 Å². The van der Waals surface area contributed by atoms with Crippen molar-refractivity contribution in [3.05, 3.63) is 0 Å². The van der Waals surface area contributed by atoms with E-state index in [9.17, 15) is 8.42 Å². The molecule has 0 aromatic heterocycles. The summed E-state index contributed by atoms with van der Waals surface area (Å²) in [6.07, 6.45) is 0.579. The molecule has 1 rings (SSSR count). The second-order valence-corrected chi connectivity index (χ2v) is 8.36. The summed E-state index contributed by atoms with van der Waals surface area (Å²) in [6, 6.07) is 0.0970. The molecule has 0 radical (unpaired) electrons. The van der Waals surface area contributed by atoms with Crippen LogP contribution in [0.5, 0.6) is 0 Å². The lowest BCUT2D eigenvalue weighted by atomic mass is 10.2. The zero-order chi connectivity index (χ0) is 13.1. The molecular formula is C10H20N2O2S3. The van der Waals surface area contributed by atoms with Crippen LogP contribution in [0.25, 0.3) is 0 Å². The molecule has 1 heterocycles. The van der Waals surface area contributed by atoms with Crippen LogP contribution in [-0.2, 0) is 9.84 Å². The second-order valence-electron chi connectivity index (χ2n) is 4.24. The molecule has 17 heavy (non-hydrogen) atoms. The van der Waals surface area contributed by atoms with Gasteiger partial charge < -0.3 is 5.73 Å². The molecule has 0 aromatic carbocycles. The summed E-state index contributed by atoms with van der Waals surface area (Å²) in [4.78, 5) is 2.48. The largest absolute Gasteiger partial charge is 0.393 e. The molecule has 0 aliphatic carbocycles. The van der Waals surface area contributed by atoms with Crippen LogP contribution in [0, 0.1) is 0 Å². The first-order valence-corrected chi connectivity index (χ1v) is 8.99. The predicted octanol–water partition coefficient (Wildman–Crippen LogP) is 0.861. The minimum atomic E-state index is -3.03. The van der Waals surface area contributed by atoms with Gasteiger partial charge in [-0.3, -0.25) is 4.90 Å². The zero-order valence-corrected chi connectivity index (χ0v) is 12.7. The van der Waals surface area contributed by atoms with Crippen LogP contribution in [0.3, 0.4) is 0 Å². The van der Waals surface area contributed by atoms with Gasteiger partial charge in [0.15, 0.2) is 9.84 Å². The molecule has 0 spiro atoms. The summed E-state index contributed by atoms with van der Waals surface area (Å²) in [5.41, 5.74) is 5.54. The van der Waals surface area contributed by atoms with Crippen molar-refractivity contribution in [2.45, 2.75) is 31.7 Å². The minimum absolute atomic E-state index is 0.0970. The fraction of sp³-hybridized carbons (Fsp3) is 0.900. The standard InChI is InChI=1S/C10H20N2O2S3/c1-3-17(13,14)10-7-16-5-4-12(10)8(2)6-9(11)15/h8,10H,3-7H2,1-2H3,(H2,11,15). The molecule has 1 fully saturated rings. The highest BCUT2D eigenvalue weighted by Crippen LogP contribution is 2.24. The fourth-order valence-corrected chi connectivity index (χ4v) is 5.38. The quantitative estimate of drug-likeness (QED) is 0.759. The number of nitrogens with zero attached hydrogens (tertiary/aromatic N) is 1. The van der Waals surface area contributed by atoms with Gasteiger partial charge in [-0.1, -0.05) is 19.1 Å². The van der Waals surface area contributed by atoms with Crippen LogP contribution in [0.15, 0.2) is 0 Å². The van der Waals surface area contributed by atoms with E-state index in [1.54, 1.807) is 18.7 Å². The highest BCUT2D eigenvalue weighted by atomic mass is 32.2. The van der Waals surface area contributed by atoms with Gasteiger partial charge in [-0.2, -0.15) is 11.8 Å². The smallest absolute Gasteiger partial charge is 0.166 e. The van der Waals surface area contributed by atoms with Crippen molar-refractivity contribution in [3.63, 3.8) is 0 Å². The lowest BCUT2D eigenvalue weighted by Crippen LogP contribution is -2.52. The molecule has 0 bridgehead atoms. The second kappa shape index (κ2) is 6.36. The molecule has 100 valence electrons. The summed E-state index contributed by atoms with van der Waals surface area (Å²) in [5.74, 6) is 1.81. The first kappa shape index (κ1) is 15.2. The molecule has 7 heteroatoms. The highest BCUT2D eigenvalue weighted by Gasteiger charge is 2.35. The molecule has 2 N–H and O–H groups in total. The van der Waals surface area contributed by atoms with E-state index in [2.05, 4.69) is 0 Å². The average Bonchev–Trinajstić information content (AvgIpc) is 2.28. The number of rotatable bonds is 5. The summed E-state index contributed by atoms with van der Waals surface area (Å²) < 4.78 is 24.1. The van der Waals surface area contributed by atoms with Gasteiger partial charge in [0.2, 0.25) is 0 Å². The minimum Gasteiger partial charge on any atom is -0.393 e. The summed E-state index contributed by atoms with van der Waals surface area (Å²) in [7, 11) is -3.03. The van der Waals surface area contributed by atoms with E-state index < -0.39 is 9.84 Å². The normalized spacial score (nSPS) is 24.5. The molecule has 4 nitrogen and oxygen atoms in total. The molecule has 0 amide bonds. The third kappa shape index (κ3) is 4.08. The Kier molecular flexibility index (Phi) is 5.69. The van der Waals surface area contributed by atoms with E-state index in [1.807, 2.05) is 11.8 Å². The van der Waals surface area contributed by atoms with Crippen LogP contribution in [0.1, 0.15) is 20.3 Å².